The molecule has 2 aromatic rings. The fraction of sp³-hybridized carbons (Fsp3) is 0.636. The molecule has 0 radical (unpaired) electrons. The molecule has 0 nitrogen and oxygen atoms in total. The van der Waals surface area contributed by atoms with Gasteiger partial charge in [0.25, 0.3) is 0 Å². The molecule has 0 unspecified atom stereocenters. The Balaban J connectivity index is 0.00000342. The summed E-state index contributed by atoms with van der Waals surface area (Å²) < 4.78 is 0. The van der Waals surface area contributed by atoms with Crippen molar-refractivity contribution in [2.24, 2.45) is 0 Å². The van der Waals surface area contributed by atoms with Gasteiger partial charge in [-0.2, -0.15) is 0 Å². The zero-order valence-corrected chi connectivity index (χ0v) is 25.6. The molecule has 0 spiro atoms. The maximum absolute atomic E-state index is 2.56. The van der Waals surface area contributed by atoms with Crippen molar-refractivity contribution in [3.8, 4) is 11.1 Å². The van der Waals surface area contributed by atoms with Gasteiger partial charge in [0, 0.05) is 20.4 Å². The molecule has 0 atom stereocenters. The van der Waals surface area contributed by atoms with Crippen LogP contribution in [0.15, 0.2) is 36.4 Å². The van der Waals surface area contributed by atoms with Crippen LogP contribution >= 0.6 is 7.92 Å². The second kappa shape index (κ2) is 13.4. The molecule has 2 fully saturated rings. The number of hydrogen-bond acceptors (Lipinski definition) is 0. The standard InChI is InChI=1S/C33H49P.Pd/c1-23(2)26-21-30(24(3)4)33(31(22-26)25(5)6)29-19-13-14-20-32(29)34(27-15-9-7-10-16-27)28-17-11-8-12-18-28;/h13-14,19-25,27-28H,7-12,15-18H2,1-6H3;. The summed E-state index contributed by atoms with van der Waals surface area (Å²) in [4.78, 5) is 0. The summed E-state index contributed by atoms with van der Waals surface area (Å²) >= 11 is 0. The van der Waals surface area contributed by atoms with Crippen molar-refractivity contribution in [2.45, 2.75) is 135 Å². The smallest absolute Gasteiger partial charge is 0 e. The van der Waals surface area contributed by atoms with Gasteiger partial charge >= 0.3 is 0 Å². The van der Waals surface area contributed by atoms with Crippen molar-refractivity contribution < 1.29 is 20.4 Å². The molecule has 4 rings (SSSR count). The van der Waals surface area contributed by atoms with Gasteiger partial charge in [0.15, 0.2) is 0 Å². The van der Waals surface area contributed by atoms with Crippen molar-refractivity contribution >= 4 is 13.2 Å². The minimum absolute atomic E-state index is 0. The van der Waals surface area contributed by atoms with E-state index in [1.54, 1.807) is 27.6 Å². The second-order valence-corrected chi connectivity index (χ2v) is 14.8. The van der Waals surface area contributed by atoms with E-state index in [0.29, 0.717) is 17.8 Å². The minimum Gasteiger partial charge on any atom is -0.0683 e. The molecule has 0 heterocycles. The van der Waals surface area contributed by atoms with Crippen LogP contribution in [0.4, 0.5) is 0 Å². The number of hydrogen-bond donors (Lipinski definition) is 0. The topological polar surface area (TPSA) is 0 Å². The van der Waals surface area contributed by atoms with Gasteiger partial charge < -0.3 is 0 Å². The van der Waals surface area contributed by atoms with Crippen LogP contribution in [0, 0.1) is 0 Å². The van der Waals surface area contributed by atoms with E-state index in [-0.39, 0.29) is 28.3 Å². The summed E-state index contributed by atoms with van der Waals surface area (Å²) in [5.74, 6) is 1.64. The van der Waals surface area contributed by atoms with E-state index in [4.69, 9.17) is 0 Å². The fourth-order valence-corrected chi connectivity index (χ4v) is 10.5. The predicted molar refractivity (Wildman–Crippen MR) is 154 cm³/mol. The van der Waals surface area contributed by atoms with Gasteiger partial charge in [0.05, 0.1) is 0 Å². The van der Waals surface area contributed by atoms with Crippen molar-refractivity contribution in [2.75, 3.05) is 0 Å². The van der Waals surface area contributed by atoms with Gasteiger partial charge in [-0.25, -0.2) is 0 Å². The van der Waals surface area contributed by atoms with E-state index in [9.17, 15) is 0 Å². The molecule has 0 aliphatic heterocycles. The van der Waals surface area contributed by atoms with E-state index in [2.05, 4.69) is 77.9 Å². The summed E-state index contributed by atoms with van der Waals surface area (Å²) in [6.07, 6.45) is 14.6. The zero-order valence-electron chi connectivity index (χ0n) is 23.2. The van der Waals surface area contributed by atoms with Gasteiger partial charge in [0.2, 0.25) is 0 Å². The Morgan fingerprint density at radius 3 is 1.51 bits per heavy atom. The summed E-state index contributed by atoms with van der Waals surface area (Å²) in [7, 11) is -0.120. The van der Waals surface area contributed by atoms with Crippen LogP contribution in [-0.4, -0.2) is 11.3 Å². The predicted octanol–water partition coefficient (Wildman–Crippen LogP) is 10.5. The molecule has 35 heavy (non-hydrogen) atoms. The van der Waals surface area contributed by atoms with E-state index < -0.39 is 0 Å². The molecule has 0 aromatic heterocycles. The minimum atomic E-state index is -0.120. The Labute approximate surface area is 231 Å². The van der Waals surface area contributed by atoms with Crippen molar-refractivity contribution in [1.82, 2.24) is 0 Å². The fourth-order valence-electron chi connectivity index (χ4n) is 6.59. The van der Waals surface area contributed by atoms with Crippen LogP contribution < -0.4 is 5.30 Å². The number of rotatable bonds is 7. The van der Waals surface area contributed by atoms with E-state index in [0.717, 1.165) is 11.3 Å². The summed E-state index contributed by atoms with van der Waals surface area (Å²) in [6.45, 7) is 14.3. The molecule has 196 valence electrons. The second-order valence-electron chi connectivity index (χ2n) is 12.0. The van der Waals surface area contributed by atoms with Gasteiger partial charge in [-0.15, -0.1) is 0 Å². The van der Waals surface area contributed by atoms with Crippen LogP contribution in [0.25, 0.3) is 11.1 Å². The van der Waals surface area contributed by atoms with Crippen LogP contribution in [0.3, 0.4) is 0 Å². The van der Waals surface area contributed by atoms with Gasteiger partial charge in [-0.05, 0) is 87.9 Å². The first-order valence-electron chi connectivity index (χ1n) is 14.4. The Kier molecular flexibility index (Phi) is 11.1. The average molecular weight is 583 g/mol. The summed E-state index contributed by atoms with van der Waals surface area (Å²) in [5.41, 5.74) is 9.71. The van der Waals surface area contributed by atoms with Crippen LogP contribution in [0.1, 0.15) is 140 Å². The first-order valence-corrected chi connectivity index (χ1v) is 15.9. The first kappa shape index (κ1) is 29.1. The van der Waals surface area contributed by atoms with Crippen molar-refractivity contribution in [3.05, 3.63) is 53.1 Å². The number of benzene rings is 2. The Morgan fingerprint density at radius 1 is 0.629 bits per heavy atom. The molecule has 0 amide bonds. The first-order chi connectivity index (χ1) is 16.4. The molecule has 2 aromatic carbocycles. The normalized spacial score (nSPS) is 18.0. The van der Waals surface area contributed by atoms with Crippen LogP contribution in [-0.2, 0) is 20.4 Å². The Hall–Kier alpha value is -0.468. The van der Waals surface area contributed by atoms with Gasteiger partial charge in [-0.3, -0.25) is 0 Å². The van der Waals surface area contributed by atoms with E-state index >= 15 is 0 Å². The van der Waals surface area contributed by atoms with E-state index in [1.807, 2.05) is 0 Å². The summed E-state index contributed by atoms with van der Waals surface area (Å²) in [5, 5.41) is 1.75. The molecule has 0 saturated heterocycles. The molecule has 0 bridgehead atoms. The molecule has 2 heteroatoms. The SMILES string of the molecule is CC(C)c1cc(C(C)C)c(-c2ccccc2P(C2CCCCC2)C2CCCCC2)c(C(C)C)c1.[Pd]. The Bertz CT molecular complexity index is 885. The third-order valence-electron chi connectivity index (χ3n) is 8.52. The maximum Gasteiger partial charge on any atom is 0 e. The third kappa shape index (κ3) is 6.70. The van der Waals surface area contributed by atoms with Gasteiger partial charge in [0.1, 0.15) is 0 Å². The van der Waals surface area contributed by atoms with Gasteiger partial charge in [-0.1, -0.05) is 124 Å². The monoisotopic (exact) mass is 582 g/mol. The largest absolute Gasteiger partial charge is 0.0683 e. The Morgan fingerprint density at radius 2 is 1.09 bits per heavy atom. The molecule has 0 N–H and O–H groups in total. The summed E-state index contributed by atoms with van der Waals surface area (Å²) in [6, 6.07) is 14.8. The molecule has 2 aliphatic carbocycles. The van der Waals surface area contributed by atoms with Crippen LogP contribution in [0.5, 0.6) is 0 Å². The third-order valence-corrected chi connectivity index (χ3v) is 12.1. The molecule has 2 saturated carbocycles. The van der Waals surface area contributed by atoms with Crippen molar-refractivity contribution in [3.63, 3.8) is 0 Å². The van der Waals surface area contributed by atoms with Crippen LogP contribution in [0.2, 0.25) is 0 Å². The quantitative estimate of drug-likeness (QED) is 0.225. The molecular weight excluding hydrogens is 534 g/mol. The van der Waals surface area contributed by atoms with E-state index in [1.165, 1.54) is 69.8 Å². The molecular formula is C33H49PPd. The molecule has 2 aliphatic rings. The average Bonchev–Trinajstić information content (AvgIpc) is 2.85. The zero-order chi connectivity index (χ0) is 24.2. The maximum atomic E-state index is 2.56. The van der Waals surface area contributed by atoms with Crippen molar-refractivity contribution in [1.29, 1.82) is 0 Å².